The lowest BCUT2D eigenvalue weighted by atomic mass is 10.1. The van der Waals surface area contributed by atoms with E-state index in [2.05, 4.69) is 49.2 Å². The van der Waals surface area contributed by atoms with Gasteiger partial charge in [-0.05, 0) is 30.3 Å². The number of aromatic nitrogens is 3. The van der Waals surface area contributed by atoms with Crippen molar-refractivity contribution in [3.8, 4) is 11.4 Å². The van der Waals surface area contributed by atoms with Crippen molar-refractivity contribution in [2.45, 2.75) is 19.3 Å². The number of nitrogens with one attached hydrogen (secondary N) is 1. The second-order valence-corrected chi connectivity index (χ2v) is 7.95. The number of benzene rings is 1. The normalized spacial score (nSPS) is 15.6. The van der Waals surface area contributed by atoms with Crippen LogP contribution in [0.2, 0.25) is 0 Å². The van der Waals surface area contributed by atoms with E-state index in [1.807, 2.05) is 12.1 Å². The van der Waals surface area contributed by atoms with Crippen LogP contribution < -0.4 is 5.32 Å². The average Bonchev–Trinajstić information content (AvgIpc) is 2.80. The minimum atomic E-state index is -4.56. The third kappa shape index (κ3) is 5.80. The summed E-state index contributed by atoms with van der Waals surface area (Å²) in [6.07, 6.45) is -1.57. The zero-order valence-electron chi connectivity index (χ0n) is 17.8. The number of rotatable bonds is 6. The van der Waals surface area contributed by atoms with Crippen LogP contribution in [0, 0.1) is 0 Å². The molecule has 0 atom stereocenters. The number of halogens is 3. The molecule has 0 amide bonds. The van der Waals surface area contributed by atoms with E-state index >= 15 is 0 Å². The molecule has 1 aromatic carbocycles. The molecule has 0 aliphatic carbocycles. The van der Waals surface area contributed by atoms with Crippen LogP contribution >= 0.6 is 0 Å². The summed E-state index contributed by atoms with van der Waals surface area (Å²) in [5, 5.41) is 3.01. The maximum Gasteiger partial charge on any atom is 0.433 e. The van der Waals surface area contributed by atoms with E-state index in [-0.39, 0.29) is 11.6 Å². The highest BCUT2D eigenvalue weighted by molar-refractivity contribution is 5.57. The molecule has 0 saturated carbocycles. The summed E-state index contributed by atoms with van der Waals surface area (Å²) in [7, 11) is 2.13. The Kier molecular flexibility index (Phi) is 6.66. The Morgan fingerprint density at radius 2 is 1.56 bits per heavy atom. The van der Waals surface area contributed by atoms with Crippen molar-refractivity contribution < 1.29 is 13.2 Å². The smallest absolute Gasteiger partial charge is 0.366 e. The van der Waals surface area contributed by atoms with Crippen LogP contribution in [0.1, 0.15) is 16.8 Å². The monoisotopic (exact) mass is 442 g/mol. The number of piperazine rings is 1. The van der Waals surface area contributed by atoms with Gasteiger partial charge in [0.25, 0.3) is 0 Å². The molecule has 1 aliphatic heterocycles. The molecule has 1 N–H and O–H groups in total. The molecule has 0 unspecified atom stereocenters. The predicted molar refractivity (Wildman–Crippen MR) is 117 cm³/mol. The van der Waals surface area contributed by atoms with E-state index in [0.29, 0.717) is 12.1 Å². The van der Waals surface area contributed by atoms with E-state index in [1.54, 1.807) is 12.1 Å². The average molecular weight is 442 g/mol. The molecule has 6 nitrogen and oxygen atoms in total. The van der Waals surface area contributed by atoms with Crippen LogP contribution in [-0.2, 0) is 19.3 Å². The van der Waals surface area contributed by atoms with E-state index in [1.165, 1.54) is 18.0 Å². The number of alkyl halides is 3. The Morgan fingerprint density at radius 1 is 0.906 bits per heavy atom. The maximum atomic E-state index is 13.3. The highest BCUT2D eigenvalue weighted by atomic mass is 19.4. The van der Waals surface area contributed by atoms with E-state index < -0.39 is 11.9 Å². The lowest BCUT2D eigenvalue weighted by Crippen LogP contribution is -2.43. The summed E-state index contributed by atoms with van der Waals surface area (Å²) in [6.45, 7) is 5.50. The molecule has 0 radical (unpaired) electrons. The van der Waals surface area contributed by atoms with Crippen LogP contribution in [0.25, 0.3) is 11.4 Å². The molecule has 3 heterocycles. The van der Waals surface area contributed by atoms with E-state index in [4.69, 9.17) is 0 Å². The fraction of sp³-hybridized carbons (Fsp3) is 0.348. The minimum absolute atomic E-state index is 0.00671. The van der Waals surface area contributed by atoms with Crippen LogP contribution in [0.3, 0.4) is 0 Å². The second kappa shape index (κ2) is 9.62. The first-order valence-corrected chi connectivity index (χ1v) is 10.5. The SMILES string of the molecule is CN1CCN(Cc2ccc(CNc3cc(C(F)(F)F)nc(-c4ccncc4)n3)cc2)CC1. The Hall–Kier alpha value is -3.04. The number of hydrogen-bond acceptors (Lipinski definition) is 6. The fourth-order valence-electron chi connectivity index (χ4n) is 3.53. The van der Waals surface area contributed by atoms with Gasteiger partial charge in [0.05, 0.1) is 0 Å². The zero-order chi connectivity index (χ0) is 22.6. The highest BCUT2D eigenvalue weighted by Crippen LogP contribution is 2.30. The lowest BCUT2D eigenvalue weighted by molar-refractivity contribution is -0.141. The summed E-state index contributed by atoms with van der Waals surface area (Å²) < 4.78 is 40.0. The molecule has 1 fully saturated rings. The van der Waals surface area contributed by atoms with Gasteiger partial charge in [0.1, 0.15) is 5.82 Å². The Morgan fingerprint density at radius 3 is 2.22 bits per heavy atom. The summed E-state index contributed by atoms with van der Waals surface area (Å²) in [5.74, 6) is 0.132. The zero-order valence-corrected chi connectivity index (χ0v) is 17.8. The van der Waals surface area contributed by atoms with E-state index in [9.17, 15) is 13.2 Å². The largest absolute Gasteiger partial charge is 0.433 e. The first-order valence-electron chi connectivity index (χ1n) is 10.5. The summed E-state index contributed by atoms with van der Waals surface area (Å²) in [6, 6.07) is 12.2. The van der Waals surface area contributed by atoms with Crippen LogP contribution in [0.5, 0.6) is 0 Å². The van der Waals surface area contributed by atoms with Gasteiger partial charge in [-0.1, -0.05) is 24.3 Å². The van der Waals surface area contributed by atoms with Gasteiger partial charge < -0.3 is 10.2 Å². The molecule has 0 spiro atoms. The van der Waals surface area contributed by atoms with Gasteiger partial charge in [-0.15, -0.1) is 0 Å². The standard InChI is InChI=1S/C23H25F3N6/c1-31-10-12-32(13-11-31)16-18-4-2-17(3-5-18)15-28-21-14-20(23(24,25)26)29-22(30-21)19-6-8-27-9-7-19/h2-9,14H,10-13,15-16H2,1H3,(H,28,29,30). The Labute approximate surface area is 185 Å². The van der Waals surface area contributed by atoms with Gasteiger partial charge in [-0.3, -0.25) is 9.88 Å². The number of nitrogens with zero attached hydrogens (tertiary/aromatic N) is 5. The molecule has 32 heavy (non-hydrogen) atoms. The van der Waals surface area contributed by atoms with E-state index in [0.717, 1.165) is 44.4 Å². The number of pyridine rings is 1. The highest BCUT2D eigenvalue weighted by Gasteiger charge is 2.33. The van der Waals surface area contributed by atoms with Crippen molar-refractivity contribution in [1.82, 2.24) is 24.8 Å². The van der Waals surface area contributed by atoms with Gasteiger partial charge in [0.2, 0.25) is 0 Å². The van der Waals surface area contributed by atoms with Crippen molar-refractivity contribution in [3.63, 3.8) is 0 Å². The molecule has 4 rings (SSSR count). The number of anilines is 1. The van der Waals surface area contributed by atoms with Crippen LogP contribution in [0.4, 0.5) is 19.0 Å². The van der Waals surface area contributed by atoms with Crippen molar-refractivity contribution >= 4 is 5.82 Å². The lowest BCUT2D eigenvalue weighted by Gasteiger charge is -2.32. The number of hydrogen-bond donors (Lipinski definition) is 1. The van der Waals surface area contributed by atoms with Crippen molar-refractivity contribution in [2.24, 2.45) is 0 Å². The predicted octanol–water partition coefficient (Wildman–Crippen LogP) is 3.92. The molecule has 9 heteroatoms. The van der Waals surface area contributed by atoms with Crippen molar-refractivity contribution in [1.29, 1.82) is 0 Å². The molecular formula is C23H25F3N6. The molecule has 1 aliphatic rings. The summed E-state index contributed by atoms with van der Waals surface area (Å²) >= 11 is 0. The Balaban J connectivity index is 1.43. The minimum Gasteiger partial charge on any atom is -0.366 e. The third-order valence-corrected chi connectivity index (χ3v) is 5.45. The Bertz CT molecular complexity index is 1020. The van der Waals surface area contributed by atoms with Gasteiger partial charge in [-0.2, -0.15) is 13.2 Å². The summed E-state index contributed by atoms with van der Waals surface area (Å²) in [4.78, 5) is 16.6. The van der Waals surface area contributed by atoms with Gasteiger partial charge in [0, 0.05) is 63.3 Å². The fourth-order valence-corrected chi connectivity index (χ4v) is 3.53. The van der Waals surface area contributed by atoms with Gasteiger partial charge in [0.15, 0.2) is 11.5 Å². The first kappa shape index (κ1) is 22.2. The molecule has 168 valence electrons. The third-order valence-electron chi connectivity index (χ3n) is 5.45. The van der Waals surface area contributed by atoms with Gasteiger partial charge in [-0.25, -0.2) is 9.97 Å². The molecule has 0 bridgehead atoms. The van der Waals surface area contributed by atoms with Crippen LogP contribution in [-0.4, -0.2) is 58.0 Å². The molecule has 3 aromatic rings. The van der Waals surface area contributed by atoms with Crippen molar-refractivity contribution in [3.05, 3.63) is 71.7 Å². The topological polar surface area (TPSA) is 57.2 Å². The maximum absolute atomic E-state index is 13.3. The summed E-state index contributed by atoms with van der Waals surface area (Å²) in [5.41, 5.74) is 1.68. The van der Waals surface area contributed by atoms with Crippen LogP contribution in [0.15, 0.2) is 54.9 Å². The quantitative estimate of drug-likeness (QED) is 0.625. The molecule has 1 saturated heterocycles. The second-order valence-electron chi connectivity index (χ2n) is 7.95. The number of likely N-dealkylation sites (N-methyl/N-ethyl adjacent to an activating group) is 1. The molecule has 2 aromatic heterocycles. The molecular weight excluding hydrogens is 417 g/mol. The van der Waals surface area contributed by atoms with Crippen molar-refractivity contribution in [2.75, 3.05) is 38.5 Å². The van der Waals surface area contributed by atoms with Gasteiger partial charge >= 0.3 is 6.18 Å². The first-order chi connectivity index (χ1) is 15.4.